The molecule has 1 heterocycles. The van der Waals surface area contributed by atoms with Crippen molar-refractivity contribution >= 4 is 52.3 Å². The minimum atomic E-state index is -0.837. The number of hydrogen-bond acceptors (Lipinski definition) is 7. The molecule has 0 spiro atoms. The number of urea groups is 1. The average Bonchev–Trinajstić information content (AvgIpc) is 2.78. The molecular weight excluding hydrogens is 437 g/mol. The number of benzene rings is 1. The molecule has 0 aromatic heterocycles. The maximum atomic E-state index is 12.1. The molecule has 11 heteroatoms. The highest BCUT2D eigenvalue weighted by molar-refractivity contribution is 14.1. The first-order valence-corrected chi connectivity index (χ1v) is 7.40. The lowest BCUT2D eigenvalue weighted by Crippen LogP contribution is -2.36. The summed E-state index contributed by atoms with van der Waals surface area (Å²) in [5, 5.41) is 23.1. The summed E-state index contributed by atoms with van der Waals surface area (Å²) >= 11 is 1.70. The molecule has 0 unspecified atom stereocenters. The lowest BCUT2D eigenvalue weighted by Gasteiger charge is -2.09. The zero-order valence-corrected chi connectivity index (χ0v) is 14.3. The molecule has 0 saturated carbocycles. The molecule has 2 rings (SSSR count). The van der Waals surface area contributed by atoms with Crippen molar-refractivity contribution in [2.75, 3.05) is 13.7 Å². The van der Waals surface area contributed by atoms with Crippen molar-refractivity contribution in [1.82, 2.24) is 10.2 Å². The maximum Gasteiger partial charge on any atom is 0.329 e. The Kier molecular flexibility index (Phi) is 5.02. The van der Waals surface area contributed by atoms with Crippen molar-refractivity contribution < 1.29 is 29.2 Å². The second-order valence-electron chi connectivity index (χ2n) is 4.58. The molecule has 1 aliphatic heterocycles. The molecule has 1 aromatic rings. The predicted molar refractivity (Wildman–Crippen MR) is 87.7 cm³/mol. The summed E-state index contributed by atoms with van der Waals surface area (Å²) in [5.41, 5.74) is -0.528. The van der Waals surface area contributed by atoms with Crippen LogP contribution in [0.15, 0.2) is 17.8 Å². The number of phenolic OH excluding ortho intramolecular Hbond substituents is 1. The Bertz CT molecular complexity index is 790. The SMILES string of the molecule is COC(=O)CN1C(=O)N/C(=C/c2cc([N+](=O)[O-])cc(I)c2O)C1=O. The van der Waals surface area contributed by atoms with Gasteiger partial charge in [-0.25, -0.2) is 9.69 Å². The molecule has 2 N–H and O–H groups in total. The lowest BCUT2D eigenvalue weighted by molar-refractivity contribution is -0.385. The van der Waals surface area contributed by atoms with Gasteiger partial charge in [-0.15, -0.1) is 0 Å². The number of imide groups is 1. The standard InChI is InChI=1S/C13H10IN3O7/c1-24-10(18)5-16-12(20)9(15-13(16)21)3-6-2-7(17(22)23)4-8(14)11(6)19/h2-4,19H,5H2,1H3,(H,15,21)/b9-3+. The van der Waals surface area contributed by atoms with E-state index in [0.29, 0.717) is 4.90 Å². The molecule has 0 aliphatic carbocycles. The number of carbonyl (C=O) groups excluding carboxylic acids is 3. The molecule has 1 saturated heterocycles. The van der Waals surface area contributed by atoms with Crippen molar-refractivity contribution in [3.8, 4) is 5.75 Å². The number of ether oxygens (including phenoxy) is 1. The van der Waals surface area contributed by atoms with E-state index in [1.165, 1.54) is 0 Å². The van der Waals surface area contributed by atoms with E-state index in [0.717, 1.165) is 25.3 Å². The molecule has 0 bridgehead atoms. The van der Waals surface area contributed by atoms with Crippen LogP contribution in [-0.2, 0) is 14.3 Å². The van der Waals surface area contributed by atoms with Crippen LogP contribution in [0.1, 0.15) is 5.56 Å². The number of nitro benzene ring substituents is 1. The van der Waals surface area contributed by atoms with Crippen molar-refractivity contribution in [3.63, 3.8) is 0 Å². The third-order valence-corrected chi connectivity index (χ3v) is 3.89. The normalized spacial score (nSPS) is 15.6. The van der Waals surface area contributed by atoms with Crippen molar-refractivity contribution in [2.45, 2.75) is 0 Å². The average molecular weight is 447 g/mol. The number of aromatic hydroxyl groups is 1. The van der Waals surface area contributed by atoms with Crippen LogP contribution in [0.25, 0.3) is 6.08 Å². The summed E-state index contributed by atoms with van der Waals surface area (Å²) < 4.78 is 4.60. The number of carbonyl (C=O) groups is 3. The molecule has 1 aliphatic rings. The lowest BCUT2D eigenvalue weighted by atomic mass is 10.1. The molecule has 0 atom stereocenters. The second kappa shape index (κ2) is 6.82. The minimum absolute atomic E-state index is 0.0165. The van der Waals surface area contributed by atoms with E-state index >= 15 is 0 Å². The number of methoxy groups -OCH3 is 1. The second-order valence-corrected chi connectivity index (χ2v) is 5.74. The number of nitrogens with zero attached hydrogens (tertiary/aromatic N) is 2. The molecule has 24 heavy (non-hydrogen) atoms. The summed E-state index contributed by atoms with van der Waals surface area (Å²) in [6, 6.07) is 1.39. The molecule has 126 valence electrons. The Morgan fingerprint density at radius 1 is 1.50 bits per heavy atom. The van der Waals surface area contributed by atoms with Gasteiger partial charge < -0.3 is 15.2 Å². The predicted octanol–water partition coefficient (Wildman–Crippen LogP) is 0.971. The fraction of sp³-hybridized carbons (Fsp3) is 0.154. The minimum Gasteiger partial charge on any atom is -0.506 e. The van der Waals surface area contributed by atoms with E-state index in [9.17, 15) is 29.6 Å². The number of nitrogens with one attached hydrogen (secondary N) is 1. The fourth-order valence-corrected chi connectivity index (χ4v) is 2.52. The number of rotatable bonds is 4. The summed E-state index contributed by atoms with van der Waals surface area (Å²) in [5.74, 6) is -1.87. The highest BCUT2D eigenvalue weighted by atomic mass is 127. The molecule has 10 nitrogen and oxygen atoms in total. The van der Waals surface area contributed by atoms with E-state index in [1.807, 2.05) is 0 Å². The van der Waals surface area contributed by atoms with E-state index < -0.39 is 29.4 Å². The number of amides is 3. The summed E-state index contributed by atoms with van der Waals surface area (Å²) in [6.07, 6.45) is 1.10. The summed E-state index contributed by atoms with van der Waals surface area (Å²) in [7, 11) is 1.11. The zero-order valence-electron chi connectivity index (χ0n) is 12.1. The largest absolute Gasteiger partial charge is 0.506 e. The van der Waals surface area contributed by atoms with Crippen LogP contribution in [0, 0.1) is 13.7 Å². The Balaban J connectivity index is 2.39. The van der Waals surface area contributed by atoms with Gasteiger partial charge in [0.1, 0.15) is 18.0 Å². The Morgan fingerprint density at radius 3 is 2.75 bits per heavy atom. The Hall–Kier alpha value is -2.70. The number of hydrogen-bond donors (Lipinski definition) is 2. The highest BCUT2D eigenvalue weighted by Gasteiger charge is 2.35. The van der Waals surface area contributed by atoms with Crippen LogP contribution in [0.5, 0.6) is 5.75 Å². The highest BCUT2D eigenvalue weighted by Crippen LogP contribution is 2.31. The van der Waals surface area contributed by atoms with Crippen molar-refractivity contribution in [3.05, 3.63) is 37.1 Å². The van der Waals surface area contributed by atoms with Gasteiger partial charge in [-0.1, -0.05) is 0 Å². The first-order valence-electron chi connectivity index (χ1n) is 6.33. The number of phenols is 1. The van der Waals surface area contributed by atoms with Crippen LogP contribution < -0.4 is 5.32 Å². The molecular formula is C13H10IN3O7. The van der Waals surface area contributed by atoms with E-state index in [1.54, 1.807) is 22.6 Å². The van der Waals surface area contributed by atoms with Crippen molar-refractivity contribution in [2.24, 2.45) is 0 Å². The smallest absolute Gasteiger partial charge is 0.329 e. The van der Waals surface area contributed by atoms with Gasteiger partial charge in [-0.05, 0) is 28.7 Å². The van der Waals surface area contributed by atoms with Gasteiger partial charge in [0.05, 0.1) is 15.6 Å². The van der Waals surface area contributed by atoms with E-state index in [-0.39, 0.29) is 26.3 Å². The van der Waals surface area contributed by atoms with Gasteiger partial charge in [0.15, 0.2) is 0 Å². The van der Waals surface area contributed by atoms with Crippen LogP contribution in [0.2, 0.25) is 0 Å². The van der Waals surface area contributed by atoms with Gasteiger partial charge in [0.25, 0.3) is 11.6 Å². The van der Waals surface area contributed by atoms with Gasteiger partial charge in [0, 0.05) is 17.7 Å². The van der Waals surface area contributed by atoms with Gasteiger partial charge in [0.2, 0.25) is 0 Å². The van der Waals surface area contributed by atoms with Gasteiger partial charge >= 0.3 is 12.0 Å². The number of non-ortho nitro benzene ring substituents is 1. The van der Waals surface area contributed by atoms with Crippen LogP contribution >= 0.6 is 22.6 Å². The molecule has 1 aromatic carbocycles. The van der Waals surface area contributed by atoms with E-state index in [2.05, 4.69) is 10.1 Å². The van der Waals surface area contributed by atoms with Gasteiger partial charge in [-0.2, -0.15) is 0 Å². The first-order chi connectivity index (χ1) is 11.2. The number of esters is 1. The topological polar surface area (TPSA) is 139 Å². The number of nitro groups is 1. The van der Waals surface area contributed by atoms with Crippen LogP contribution in [0.4, 0.5) is 10.5 Å². The monoisotopic (exact) mass is 447 g/mol. The first kappa shape index (κ1) is 17.7. The van der Waals surface area contributed by atoms with Crippen molar-refractivity contribution in [1.29, 1.82) is 0 Å². The Morgan fingerprint density at radius 2 is 2.17 bits per heavy atom. The molecule has 3 amide bonds. The van der Waals surface area contributed by atoms with Crippen LogP contribution in [0.3, 0.4) is 0 Å². The summed E-state index contributed by atoms with van der Waals surface area (Å²) in [6.45, 7) is -0.572. The quantitative estimate of drug-likeness (QED) is 0.175. The zero-order chi connectivity index (χ0) is 18.0. The fourth-order valence-electron chi connectivity index (χ4n) is 1.89. The third-order valence-electron chi connectivity index (χ3n) is 3.07. The van der Waals surface area contributed by atoms with Crippen LogP contribution in [-0.4, -0.2) is 46.5 Å². The Labute approximate surface area is 148 Å². The molecule has 1 fully saturated rings. The summed E-state index contributed by atoms with van der Waals surface area (Å²) in [4.78, 5) is 45.9. The van der Waals surface area contributed by atoms with Gasteiger partial charge in [-0.3, -0.25) is 19.7 Å². The molecule has 0 radical (unpaired) electrons. The number of halogens is 1. The van der Waals surface area contributed by atoms with E-state index in [4.69, 9.17) is 0 Å². The third kappa shape index (κ3) is 3.45. The maximum absolute atomic E-state index is 12.1.